The summed E-state index contributed by atoms with van der Waals surface area (Å²) in [5.74, 6) is 1.43. The Balaban J connectivity index is 1.27. The molecule has 0 spiro atoms. The highest BCUT2D eigenvalue weighted by Gasteiger charge is 2.35. The van der Waals surface area contributed by atoms with E-state index in [0.29, 0.717) is 25.6 Å². The highest BCUT2D eigenvalue weighted by molar-refractivity contribution is 8.14. The van der Waals surface area contributed by atoms with E-state index in [9.17, 15) is 4.79 Å². The van der Waals surface area contributed by atoms with Crippen LogP contribution in [0.1, 0.15) is 30.2 Å². The van der Waals surface area contributed by atoms with Crippen molar-refractivity contribution in [3.63, 3.8) is 0 Å². The van der Waals surface area contributed by atoms with Gasteiger partial charge in [0.15, 0.2) is 0 Å². The Morgan fingerprint density at radius 3 is 2.88 bits per heavy atom. The number of nitrogens with two attached hydrogens (primary N) is 1. The Kier molecular flexibility index (Phi) is 6.91. The molecular formula is C23H26ClN7OS2. The number of aromatic nitrogens is 2. The van der Waals surface area contributed by atoms with Crippen molar-refractivity contribution in [2.75, 3.05) is 31.4 Å². The van der Waals surface area contributed by atoms with Crippen LogP contribution >= 0.6 is 34.7 Å². The van der Waals surface area contributed by atoms with Crippen molar-refractivity contribution in [2.24, 2.45) is 5.10 Å². The average Bonchev–Trinajstić information content (AvgIpc) is 3.47. The number of benzene rings is 1. The van der Waals surface area contributed by atoms with Crippen molar-refractivity contribution in [1.29, 1.82) is 0 Å². The largest absolute Gasteiger partial charge is 0.383 e. The summed E-state index contributed by atoms with van der Waals surface area (Å²) in [5, 5.41) is 8.66. The molecule has 3 aromatic rings. The first-order chi connectivity index (χ1) is 16.5. The van der Waals surface area contributed by atoms with Gasteiger partial charge in [-0.3, -0.25) is 14.7 Å². The number of rotatable bonds is 7. The molecule has 4 heterocycles. The van der Waals surface area contributed by atoms with Crippen LogP contribution < -0.4 is 5.73 Å². The van der Waals surface area contributed by atoms with E-state index in [4.69, 9.17) is 22.4 Å². The third-order valence-corrected chi connectivity index (χ3v) is 8.44. The number of nitrogens with zero attached hydrogens (tertiary/aromatic N) is 6. The first-order valence-electron chi connectivity index (χ1n) is 11.3. The highest BCUT2D eigenvalue weighted by Crippen LogP contribution is 2.30. The topological polar surface area (TPSA) is 90.9 Å². The van der Waals surface area contributed by atoms with Gasteiger partial charge in [-0.1, -0.05) is 42.8 Å². The third kappa shape index (κ3) is 4.86. The summed E-state index contributed by atoms with van der Waals surface area (Å²) >= 11 is 9.34. The average molecular weight is 516 g/mol. The predicted molar refractivity (Wildman–Crippen MR) is 140 cm³/mol. The second kappa shape index (κ2) is 10.1. The third-order valence-electron chi connectivity index (χ3n) is 6.07. The number of nitrogen functional groups attached to an aromatic ring is 1. The normalized spacial score (nSPS) is 19.3. The van der Waals surface area contributed by atoms with Crippen molar-refractivity contribution < 1.29 is 4.79 Å². The lowest BCUT2D eigenvalue weighted by molar-refractivity contribution is -0.144. The lowest BCUT2D eigenvalue weighted by Gasteiger charge is -2.41. The van der Waals surface area contributed by atoms with Crippen LogP contribution in [-0.4, -0.2) is 67.4 Å². The van der Waals surface area contributed by atoms with E-state index in [2.05, 4.69) is 21.8 Å². The number of piperazine rings is 1. The van der Waals surface area contributed by atoms with Gasteiger partial charge in [0.05, 0.1) is 33.3 Å². The molecule has 1 amide bonds. The molecule has 1 fully saturated rings. The minimum absolute atomic E-state index is 0.141. The van der Waals surface area contributed by atoms with Gasteiger partial charge in [0, 0.05) is 25.0 Å². The lowest BCUT2D eigenvalue weighted by Crippen LogP contribution is -2.58. The SMILES string of the molecule is CCC[C@H]1C(=O)N(Cc2ccc3c(N)ncnc3c2)CCN1CN1CSC(c2ccc(Cl)s2)=N1. The summed E-state index contributed by atoms with van der Waals surface area (Å²) in [7, 11) is 0. The smallest absolute Gasteiger partial charge is 0.240 e. The number of hydrogen-bond donors (Lipinski definition) is 1. The summed E-state index contributed by atoms with van der Waals surface area (Å²) in [6.45, 7) is 4.83. The number of anilines is 1. The minimum Gasteiger partial charge on any atom is -0.383 e. The molecular weight excluding hydrogens is 490 g/mol. The number of amides is 1. The maximum absolute atomic E-state index is 13.5. The number of thioether (sulfide) groups is 1. The van der Waals surface area contributed by atoms with Crippen LogP contribution in [0.2, 0.25) is 4.34 Å². The maximum atomic E-state index is 13.5. The van der Waals surface area contributed by atoms with Crippen LogP contribution in [-0.2, 0) is 11.3 Å². The van der Waals surface area contributed by atoms with Gasteiger partial charge in [0.25, 0.3) is 0 Å². The van der Waals surface area contributed by atoms with Gasteiger partial charge in [-0.2, -0.15) is 5.10 Å². The molecule has 8 nitrogen and oxygen atoms in total. The van der Waals surface area contributed by atoms with Crippen molar-refractivity contribution in [3.8, 4) is 0 Å². The van der Waals surface area contributed by atoms with Gasteiger partial charge in [0.2, 0.25) is 5.91 Å². The van der Waals surface area contributed by atoms with E-state index >= 15 is 0 Å². The molecule has 5 rings (SSSR count). The van der Waals surface area contributed by atoms with E-state index in [1.165, 1.54) is 6.33 Å². The van der Waals surface area contributed by atoms with Crippen LogP contribution in [0, 0.1) is 0 Å². The van der Waals surface area contributed by atoms with E-state index in [-0.39, 0.29) is 11.9 Å². The molecule has 0 aliphatic carbocycles. The van der Waals surface area contributed by atoms with Gasteiger partial charge in [-0.15, -0.1) is 11.3 Å². The van der Waals surface area contributed by atoms with Gasteiger partial charge < -0.3 is 10.6 Å². The van der Waals surface area contributed by atoms with Crippen LogP contribution in [0.4, 0.5) is 5.82 Å². The second-order valence-corrected chi connectivity index (χ2v) is 11.1. The van der Waals surface area contributed by atoms with Crippen LogP contribution in [0.15, 0.2) is 41.8 Å². The molecule has 0 unspecified atom stereocenters. The molecule has 2 aliphatic heterocycles. The number of thiophene rings is 1. The maximum Gasteiger partial charge on any atom is 0.240 e. The number of carbonyl (C=O) groups is 1. The van der Waals surface area contributed by atoms with Crippen LogP contribution in [0.5, 0.6) is 0 Å². The number of fused-ring (bicyclic) bond motifs is 1. The van der Waals surface area contributed by atoms with Gasteiger partial charge in [0.1, 0.15) is 17.2 Å². The van der Waals surface area contributed by atoms with Crippen molar-refractivity contribution in [1.82, 2.24) is 24.8 Å². The molecule has 1 aromatic carbocycles. The Labute approximate surface area is 211 Å². The van der Waals surface area contributed by atoms with Crippen molar-refractivity contribution in [3.05, 3.63) is 51.4 Å². The Hall–Kier alpha value is -2.40. The predicted octanol–water partition coefficient (Wildman–Crippen LogP) is 4.07. The Morgan fingerprint density at radius 1 is 1.21 bits per heavy atom. The molecule has 178 valence electrons. The highest BCUT2D eigenvalue weighted by atomic mass is 35.5. The first kappa shape index (κ1) is 23.3. The molecule has 0 bridgehead atoms. The summed E-state index contributed by atoms with van der Waals surface area (Å²) in [6.07, 6.45) is 3.25. The fourth-order valence-electron chi connectivity index (χ4n) is 4.38. The summed E-state index contributed by atoms with van der Waals surface area (Å²) in [5.41, 5.74) is 7.79. The van der Waals surface area contributed by atoms with Gasteiger partial charge >= 0.3 is 0 Å². The number of carbonyl (C=O) groups excluding carboxylic acids is 1. The second-order valence-electron chi connectivity index (χ2n) is 8.42. The molecule has 1 saturated heterocycles. The molecule has 2 aromatic heterocycles. The van der Waals surface area contributed by atoms with E-state index in [1.807, 2.05) is 40.2 Å². The summed E-state index contributed by atoms with van der Waals surface area (Å²) in [6, 6.07) is 9.71. The lowest BCUT2D eigenvalue weighted by atomic mass is 10.0. The molecule has 0 saturated carbocycles. The fourth-order valence-corrected chi connectivity index (χ4v) is 6.40. The first-order valence-corrected chi connectivity index (χ1v) is 13.4. The summed E-state index contributed by atoms with van der Waals surface area (Å²) in [4.78, 5) is 27.2. The molecule has 0 radical (unpaired) electrons. The van der Waals surface area contributed by atoms with Crippen molar-refractivity contribution >= 4 is 62.4 Å². The summed E-state index contributed by atoms with van der Waals surface area (Å²) < 4.78 is 0.767. The molecule has 2 N–H and O–H groups in total. The standard InChI is InChI=1S/C23H26ClN7OS2/c1-2-3-18-23(32)29(11-15-4-5-16-17(10-15)26-12-27-21(16)25)8-9-30(18)13-31-14-33-22(28-31)19-6-7-20(24)34-19/h4-7,10,12,18H,2-3,8-9,11,13-14H2,1H3,(H2,25,26,27)/t18-/m0/s1. The van der Waals surface area contributed by atoms with E-state index < -0.39 is 0 Å². The Bertz CT molecular complexity index is 1230. The van der Waals surface area contributed by atoms with Crippen molar-refractivity contribution in [2.45, 2.75) is 32.4 Å². The Morgan fingerprint density at radius 2 is 2.09 bits per heavy atom. The van der Waals surface area contributed by atoms with E-state index in [0.717, 1.165) is 56.0 Å². The zero-order valence-corrected chi connectivity index (χ0v) is 21.2. The number of halogens is 1. The zero-order chi connectivity index (χ0) is 23.7. The van der Waals surface area contributed by atoms with Gasteiger partial charge in [-0.05, 0) is 36.2 Å². The monoisotopic (exact) mass is 515 g/mol. The molecule has 2 aliphatic rings. The van der Waals surface area contributed by atoms with E-state index in [1.54, 1.807) is 23.1 Å². The van der Waals surface area contributed by atoms with Crippen LogP contribution in [0.3, 0.4) is 0 Å². The minimum atomic E-state index is -0.141. The number of hydrazone groups is 1. The molecule has 1 atom stereocenters. The van der Waals surface area contributed by atoms with Crippen LogP contribution in [0.25, 0.3) is 10.9 Å². The zero-order valence-electron chi connectivity index (χ0n) is 18.9. The van der Waals surface area contributed by atoms with Gasteiger partial charge in [-0.25, -0.2) is 9.97 Å². The molecule has 11 heteroatoms. The fraction of sp³-hybridized carbons (Fsp3) is 0.391. The number of hydrogen-bond acceptors (Lipinski definition) is 9. The quantitative estimate of drug-likeness (QED) is 0.507. The molecule has 34 heavy (non-hydrogen) atoms.